The largest absolute Gasteiger partial charge is 0.378 e. The molecule has 0 bridgehead atoms. The number of rotatable bonds is 6. The molecule has 1 aliphatic rings. The highest BCUT2D eigenvalue weighted by Gasteiger charge is 2.21. The van der Waals surface area contributed by atoms with Gasteiger partial charge >= 0.3 is 0 Å². The van der Waals surface area contributed by atoms with Gasteiger partial charge in [-0.25, -0.2) is 0 Å². The summed E-state index contributed by atoms with van der Waals surface area (Å²) in [5.74, 6) is 0.577. The predicted octanol–water partition coefficient (Wildman–Crippen LogP) is 3.26. The lowest BCUT2D eigenvalue weighted by atomic mass is 9.91. The Morgan fingerprint density at radius 2 is 2.11 bits per heavy atom. The highest BCUT2D eigenvalue weighted by molar-refractivity contribution is 5.25. The van der Waals surface area contributed by atoms with Crippen LogP contribution < -0.4 is 5.32 Å². The average molecular weight is 247 g/mol. The van der Waals surface area contributed by atoms with Crippen molar-refractivity contribution in [1.82, 2.24) is 5.32 Å². The summed E-state index contributed by atoms with van der Waals surface area (Å²) in [7, 11) is 0. The van der Waals surface area contributed by atoms with Crippen LogP contribution in [0.4, 0.5) is 0 Å². The summed E-state index contributed by atoms with van der Waals surface area (Å²) < 4.78 is 5.78. The molecule has 1 saturated heterocycles. The Morgan fingerprint density at radius 1 is 1.33 bits per heavy atom. The zero-order valence-electron chi connectivity index (χ0n) is 11.6. The van der Waals surface area contributed by atoms with Crippen molar-refractivity contribution in [2.75, 3.05) is 19.7 Å². The second-order valence-corrected chi connectivity index (χ2v) is 5.29. The highest BCUT2D eigenvalue weighted by Crippen LogP contribution is 2.26. The molecule has 1 N–H and O–H groups in total. The third kappa shape index (κ3) is 3.82. The molecule has 0 amide bonds. The van der Waals surface area contributed by atoms with E-state index < -0.39 is 0 Å². The predicted molar refractivity (Wildman–Crippen MR) is 76.1 cm³/mol. The molecule has 0 aliphatic carbocycles. The van der Waals surface area contributed by atoms with Crippen molar-refractivity contribution in [2.24, 2.45) is 0 Å². The maximum atomic E-state index is 5.78. The van der Waals surface area contributed by atoms with E-state index in [-0.39, 0.29) is 0 Å². The van der Waals surface area contributed by atoms with Crippen molar-refractivity contribution < 1.29 is 4.74 Å². The van der Waals surface area contributed by atoms with Crippen molar-refractivity contribution >= 4 is 0 Å². The number of aryl methyl sites for hydroxylation is 1. The van der Waals surface area contributed by atoms with Crippen LogP contribution in [0.2, 0.25) is 0 Å². The summed E-state index contributed by atoms with van der Waals surface area (Å²) in [6.45, 7) is 7.35. The quantitative estimate of drug-likeness (QED) is 0.833. The van der Waals surface area contributed by atoms with Gasteiger partial charge in [-0.15, -0.1) is 0 Å². The molecule has 1 aromatic carbocycles. The van der Waals surface area contributed by atoms with Crippen LogP contribution in [0.5, 0.6) is 0 Å². The first-order valence-electron chi connectivity index (χ1n) is 7.18. The first kappa shape index (κ1) is 13.6. The lowest BCUT2D eigenvalue weighted by molar-refractivity contribution is 0.0977. The van der Waals surface area contributed by atoms with Crippen molar-refractivity contribution in [3.63, 3.8) is 0 Å². The van der Waals surface area contributed by atoms with Gasteiger partial charge in [0.15, 0.2) is 0 Å². The summed E-state index contributed by atoms with van der Waals surface area (Å²) >= 11 is 0. The van der Waals surface area contributed by atoms with E-state index in [2.05, 4.69) is 43.4 Å². The van der Waals surface area contributed by atoms with Crippen LogP contribution in [0.3, 0.4) is 0 Å². The molecule has 2 heteroatoms. The molecule has 1 fully saturated rings. The second-order valence-electron chi connectivity index (χ2n) is 5.29. The Kier molecular flexibility index (Phi) is 5.21. The minimum atomic E-state index is 0.468. The van der Waals surface area contributed by atoms with Crippen LogP contribution in [-0.4, -0.2) is 25.8 Å². The van der Waals surface area contributed by atoms with Crippen LogP contribution in [0, 0.1) is 6.92 Å². The minimum Gasteiger partial charge on any atom is -0.378 e. The molecule has 1 aromatic rings. The topological polar surface area (TPSA) is 21.3 Å². The van der Waals surface area contributed by atoms with Crippen molar-refractivity contribution in [1.29, 1.82) is 0 Å². The highest BCUT2D eigenvalue weighted by atomic mass is 16.5. The van der Waals surface area contributed by atoms with Gasteiger partial charge in [0.25, 0.3) is 0 Å². The third-order valence-electron chi connectivity index (χ3n) is 3.76. The van der Waals surface area contributed by atoms with E-state index in [9.17, 15) is 0 Å². The normalized spacial score (nSPS) is 21.1. The zero-order valence-corrected chi connectivity index (χ0v) is 11.6. The van der Waals surface area contributed by atoms with Gasteiger partial charge < -0.3 is 10.1 Å². The Labute approximate surface area is 111 Å². The van der Waals surface area contributed by atoms with E-state index in [1.807, 2.05) is 0 Å². The number of hydrogen-bond donors (Lipinski definition) is 1. The van der Waals surface area contributed by atoms with Gasteiger partial charge in [-0.05, 0) is 44.2 Å². The molecule has 18 heavy (non-hydrogen) atoms. The Hall–Kier alpha value is -0.860. The van der Waals surface area contributed by atoms with Crippen molar-refractivity contribution in [2.45, 2.75) is 45.1 Å². The summed E-state index contributed by atoms with van der Waals surface area (Å²) in [4.78, 5) is 0. The maximum absolute atomic E-state index is 5.78. The van der Waals surface area contributed by atoms with Crippen LogP contribution >= 0.6 is 0 Å². The third-order valence-corrected chi connectivity index (χ3v) is 3.76. The number of ether oxygens (including phenoxy) is 1. The van der Waals surface area contributed by atoms with Gasteiger partial charge in [0.2, 0.25) is 0 Å². The molecule has 2 rings (SSSR count). The Balaban J connectivity index is 2.00. The van der Waals surface area contributed by atoms with Gasteiger partial charge in [-0.3, -0.25) is 0 Å². The molecule has 0 spiro atoms. The molecular formula is C16H25NO. The molecule has 1 aliphatic heterocycles. The number of benzene rings is 1. The van der Waals surface area contributed by atoms with Gasteiger partial charge in [0.05, 0.1) is 6.10 Å². The fourth-order valence-electron chi connectivity index (χ4n) is 2.64. The van der Waals surface area contributed by atoms with Gasteiger partial charge in [0.1, 0.15) is 0 Å². The van der Waals surface area contributed by atoms with Crippen LogP contribution in [0.25, 0.3) is 0 Å². The van der Waals surface area contributed by atoms with E-state index in [4.69, 9.17) is 4.74 Å². The molecule has 0 radical (unpaired) electrons. The van der Waals surface area contributed by atoms with Crippen LogP contribution in [0.1, 0.15) is 43.2 Å². The smallest absolute Gasteiger partial charge is 0.0582 e. The first-order valence-corrected chi connectivity index (χ1v) is 7.18. The van der Waals surface area contributed by atoms with Gasteiger partial charge in [-0.1, -0.05) is 36.8 Å². The number of likely N-dealkylation sites (N-methyl/N-ethyl adjacent to an activating group) is 1. The molecule has 2 atom stereocenters. The van der Waals surface area contributed by atoms with Gasteiger partial charge in [0, 0.05) is 13.2 Å². The summed E-state index contributed by atoms with van der Waals surface area (Å²) in [5, 5.41) is 3.48. The Bertz CT molecular complexity index is 341. The Morgan fingerprint density at radius 3 is 2.72 bits per heavy atom. The molecule has 0 aromatic heterocycles. The standard InChI is InChI=1S/C16H25NO/c1-3-17-12-15(11-16-5-4-10-18-16)14-8-6-13(2)7-9-14/h6-9,15-17H,3-5,10-12H2,1-2H3. The minimum absolute atomic E-state index is 0.468. The summed E-state index contributed by atoms with van der Waals surface area (Å²) in [6, 6.07) is 8.96. The monoisotopic (exact) mass is 247 g/mol. The van der Waals surface area contributed by atoms with Gasteiger partial charge in [-0.2, -0.15) is 0 Å². The van der Waals surface area contributed by atoms with E-state index >= 15 is 0 Å². The number of hydrogen-bond acceptors (Lipinski definition) is 2. The molecule has 100 valence electrons. The lowest BCUT2D eigenvalue weighted by Gasteiger charge is -2.21. The molecule has 0 saturated carbocycles. The zero-order chi connectivity index (χ0) is 12.8. The summed E-state index contributed by atoms with van der Waals surface area (Å²) in [5.41, 5.74) is 2.77. The maximum Gasteiger partial charge on any atom is 0.0582 e. The van der Waals surface area contributed by atoms with E-state index in [1.54, 1.807) is 0 Å². The fourth-order valence-corrected chi connectivity index (χ4v) is 2.64. The van der Waals surface area contributed by atoms with Crippen LogP contribution in [-0.2, 0) is 4.74 Å². The van der Waals surface area contributed by atoms with E-state index in [0.717, 1.165) is 26.1 Å². The molecule has 1 heterocycles. The SMILES string of the molecule is CCNCC(CC1CCCO1)c1ccc(C)cc1. The fraction of sp³-hybridized carbons (Fsp3) is 0.625. The van der Waals surface area contributed by atoms with E-state index in [0.29, 0.717) is 12.0 Å². The lowest BCUT2D eigenvalue weighted by Crippen LogP contribution is -2.24. The number of nitrogens with one attached hydrogen (secondary N) is 1. The second kappa shape index (κ2) is 6.91. The van der Waals surface area contributed by atoms with Crippen molar-refractivity contribution in [3.8, 4) is 0 Å². The molecular weight excluding hydrogens is 222 g/mol. The van der Waals surface area contributed by atoms with Crippen molar-refractivity contribution in [3.05, 3.63) is 35.4 Å². The average Bonchev–Trinajstić information content (AvgIpc) is 2.88. The van der Waals surface area contributed by atoms with Crippen LogP contribution in [0.15, 0.2) is 24.3 Å². The molecule has 2 nitrogen and oxygen atoms in total. The first-order chi connectivity index (χ1) is 8.79. The molecule has 2 unspecified atom stereocenters. The summed E-state index contributed by atoms with van der Waals surface area (Å²) in [6.07, 6.45) is 4.08. The van der Waals surface area contributed by atoms with E-state index in [1.165, 1.54) is 24.0 Å².